The summed E-state index contributed by atoms with van der Waals surface area (Å²) in [5.74, 6) is -0.207. The van der Waals surface area contributed by atoms with Crippen LogP contribution in [-0.2, 0) is 16.1 Å². The van der Waals surface area contributed by atoms with E-state index in [-0.39, 0.29) is 13.0 Å². The second-order valence-electron chi connectivity index (χ2n) is 4.94. The number of carbonyl (C=O) groups is 2. The monoisotopic (exact) mass is 366 g/mol. The fourth-order valence-corrected chi connectivity index (χ4v) is 2.38. The van der Waals surface area contributed by atoms with E-state index in [0.717, 1.165) is 5.56 Å². The predicted molar refractivity (Wildman–Crippen MR) is 94.5 cm³/mol. The van der Waals surface area contributed by atoms with E-state index in [0.29, 0.717) is 21.5 Å². The summed E-state index contributed by atoms with van der Waals surface area (Å²) in [6.45, 7) is 0.272. The molecule has 0 radical (unpaired) electrons. The van der Waals surface area contributed by atoms with E-state index in [1.807, 2.05) is 18.2 Å². The highest BCUT2D eigenvalue weighted by Crippen LogP contribution is 2.25. The van der Waals surface area contributed by atoms with Gasteiger partial charge in [-0.3, -0.25) is 9.59 Å². The Labute approximate surface area is 149 Å². The molecule has 0 aliphatic rings. The molecule has 0 atom stereocenters. The van der Waals surface area contributed by atoms with Gasteiger partial charge in [0.25, 0.3) is 0 Å². The quantitative estimate of drug-likeness (QED) is 0.766. The molecule has 0 saturated carbocycles. The highest BCUT2D eigenvalue weighted by Gasteiger charge is 2.12. The molecule has 0 aliphatic carbocycles. The van der Waals surface area contributed by atoms with Gasteiger partial charge >= 0.3 is 0 Å². The number of hydrogen-bond donors (Lipinski definition) is 2. The zero-order valence-electron chi connectivity index (χ0n) is 12.9. The predicted octanol–water partition coefficient (Wildman–Crippen LogP) is 3.65. The van der Waals surface area contributed by atoms with Crippen molar-refractivity contribution in [2.75, 3.05) is 12.4 Å². The second kappa shape index (κ2) is 8.57. The minimum absolute atomic E-state index is 0.272. The summed E-state index contributed by atoms with van der Waals surface area (Å²) in [6, 6.07) is 12.0. The lowest BCUT2D eigenvalue weighted by Crippen LogP contribution is -2.28. The molecule has 0 spiro atoms. The van der Waals surface area contributed by atoms with Crippen LogP contribution in [0.1, 0.15) is 12.0 Å². The number of ether oxygens (including phenoxy) is 1. The first-order valence-corrected chi connectivity index (χ1v) is 7.88. The van der Waals surface area contributed by atoms with Gasteiger partial charge in [0, 0.05) is 17.1 Å². The molecule has 0 heterocycles. The summed E-state index contributed by atoms with van der Waals surface area (Å²) in [4.78, 5) is 23.8. The molecule has 0 aromatic heterocycles. The van der Waals surface area contributed by atoms with Crippen molar-refractivity contribution >= 4 is 40.7 Å². The minimum Gasteiger partial charge on any atom is -0.496 e. The SMILES string of the molecule is COc1ccccc1CNC(=O)CC(=O)Nc1cc(Cl)ccc1Cl. The van der Waals surface area contributed by atoms with Gasteiger partial charge in [-0.15, -0.1) is 0 Å². The first kappa shape index (κ1) is 18.1. The third-order valence-corrected chi connectivity index (χ3v) is 3.76. The highest BCUT2D eigenvalue weighted by molar-refractivity contribution is 6.35. The molecule has 24 heavy (non-hydrogen) atoms. The zero-order valence-corrected chi connectivity index (χ0v) is 14.4. The van der Waals surface area contributed by atoms with Gasteiger partial charge in [-0.1, -0.05) is 41.4 Å². The molecule has 0 saturated heterocycles. The van der Waals surface area contributed by atoms with Crippen molar-refractivity contribution < 1.29 is 14.3 Å². The number of rotatable bonds is 6. The number of hydrogen-bond acceptors (Lipinski definition) is 3. The van der Waals surface area contributed by atoms with Gasteiger partial charge < -0.3 is 15.4 Å². The number of benzene rings is 2. The third kappa shape index (κ3) is 5.15. The average Bonchev–Trinajstić information content (AvgIpc) is 2.56. The molecule has 2 N–H and O–H groups in total. The summed E-state index contributed by atoms with van der Waals surface area (Å²) < 4.78 is 5.20. The molecule has 2 aromatic rings. The van der Waals surface area contributed by atoms with Gasteiger partial charge in [-0.2, -0.15) is 0 Å². The van der Waals surface area contributed by atoms with Crippen LogP contribution >= 0.6 is 23.2 Å². The number of nitrogens with one attached hydrogen (secondary N) is 2. The second-order valence-corrected chi connectivity index (χ2v) is 5.78. The molecule has 7 heteroatoms. The highest BCUT2D eigenvalue weighted by atomic mass is 35.5. The molecule has 0 bridgehead atoms. The van der Waals surface area contributed by atoms with E-state index >= 15 is 0 Å². The van der Waals surface area contributed by atoms with Gasteiger partial charge in [0.05, 0.1) is 17.8 Å². The fraction of sp³-hybridized carbons (Fsp3) is 0.176. The lowest BCUT2D eigenvalue weighted by Gasteiger charge is -2.10. The van der Waals surface area contributed by atoms with E-state index in [1.54, 1.807) is 25.3 Å². The molecule has 0 unspecified atom stereocenters. The van der Waals surface area contributed by atoms with Gasteiger partial charge in [0.15, 0.2) is 0 Å². The number of anilines is 1. The topological polar surface area (TPSA) is 67.4 Å². The largest absolute Gasteiger partial charge is 0.496 e. The Morgan fingerprint density at radius 1 is 1.08 bits per heavy atom. The maximum atomic E-state index is 11.9. The van der Waals surface area contributed by atoms with Crippen LogP contribution in [0, 0.1) is 0 Å². The van der Waals surface area contributed by atoms with Crippen molar-refractivity contribution in [1.82, 2.24) is 5.32 Å². The summed E-state index contributed by atoms with van der Waals surface area (Å²) >= 11 is 11.8. The summed E-state index contributed by atoms with van der Waals surface area (Å²) in [5, 5.41) is 6.03. The van der Waals surface area contributed by atoms with E-state index in [2.05, 4.69) is 10.6 Å². The molecule has 5 nitrogen and oxygen atoms in total. The zero-order chi connectivity index (χ0) is 17.5. The Kier molecular flexibility index (Phi) is 6.46. The number of para-hydroxylation sites is 1. The lowest BCUT2D eigenvalue weighted by atomic mass is 10.2. The number of methoxy groups -OCH3 is 1. The van der Waals surface area contributed by atoms with Crippen LogP contribution in [0.3, 0.4) is 0 Å². The molecule has 126 valence electrons. The van der Waals surface area contributed by atoms with E-state index in [9.17, 15) is 9.59 Å². The van der Waals surface area contributed by atoms with Crippen LogP contribution in [-0.4, -0.2) is 18.9 Å². The van der Waals surface area contributed by atoms with Crippen LogP contribution in [0.2, 0.25) is 10.0 Å². The molecular formula is C17H16Cl2N2O3. The first-order chi connectivity index (χ1) is 11.5. The van der Waals surface area contributed by atoms with Gasteiger partial charge in [-0.05, 0) is 24.3 Å². The summed E-state index contributed by atoms with van der Waals surface area (Å²) in [6.07, 6.45) is -0.321. The van der Waals surface area contributed by atoms with Gasteiger partial charge in [0.2, 0.25) is 11.8 Å². The average molecular weight is 367 g/mol. The Morgan fingerprint density at radius 3 is 2.58 bits per heavy atom. The Hall–Kier alpha value is -2.24. The standard InChI is InChI=1S/C17H16Cl2N2O3/c1-24-15-5-3-2-4-11(15)10-20-16(22)9-17(23)21-14-8-12(18)6-7-13(14)19/h2-8H,9-10H2,1H3,(H,20,22)(H,21,23). The van der Waals surface area contributed by atoms with E-state index < -0.39 is 11.8 Å². The Bertz CT molecular complexity index is 750. The summed E-state index contributed by atoms with van der Waals surface area (Å²) in [7, 11) is 1.56. The smallest absolute Gasteiger partial charge is 0.233 e. The normalized spacial score (nSPS) is 10.1. The molecule has 0 aliphatic heterocycles. The number of carbonyl (C=O) groups excluding carboxylic acids is 2. The minimum atomic E-state index is -0.475. The van der Waals surface area contributed by atoms with E-state index in [1.165, 1.54) is 6.07 Å². The van der Waals surface area contributed by atoms with Crippen molar-refractivity contribution in [2.45, 2.75) is 13.0 Å². The Balaban J connectivity index is 1.88. The van der Waals surface area contributed by atoms with Crippen molar-refractivity contribution in [3.63, 3.8) is 0 Å². The van der Waals surface area contributed by atoms with Crippen LogP contribution in [0.25, 0.3) is 0 Å². The van der Waals surface area contributed by atoms with Crippen LogP contribution in [0.4, 0.5) is 5.69 Å². The molecular weight excluding hydrogens is 351 g/mol. The van der Waals surface area contributed by atoms with E-state index in [4.69, 9.17) is 27.9 Å². The van der Waals surface area contributed by atoms with Crippen LogP contribution in [0.15, 0.2) is 42.5 Å². The molecule has 2 rings (SSSR count). The third-order valence-electron chi connectivity index (χ3n) is 3.19. The number of amides is 2. The molecule has 0 fully saturated rings. The van der Waals surface area contributed by atoms with Gasteiger partial charge in [-0.25, -0.2) is 0 Å². The maximum absolute atomic E-state index is 11.9. The summed E-state index contributed by atoms with van der Waals surface area (Å²) in [5.41, 5.74) is 1.19. The number of halogens is 2. The van der Waals surface area contributed by atoms with Crippen LogP contribution < -0.4 is 15.4 Å². The van der Waals surface area contributed by atoms with Crippen molar-refractivity contribution in [1.29, 1.82) is 0 Å². The first-order valence-electron chi connectivity index (χ1n) is 7.13. The van der Waals surface area contributed by atoms with Crippen molar-refractivity contribution in [3.8, 4) is 5.75 Å². The molecule has 2 aromatic carbocycles. The molecule has 2 amide bonds. The fourth-order valence-electron chi connectivity index (χ4n) is 2.04. The van der Waals surface area contributed by atoms with Crippen molar-refractivity contribution in [2.24, 2.45) is 0 Å². The Morgan fingerprint density at radius 2 is 1.83 bits per heavy atom. The maximum Gasteiger partial charge on any atom is 0.233 e. The lowest BCUT2D eigenvalue weighted by molar-refractivity contribution is -0.126. The van der Waals surface area contributed by atoms with Crippen molar-refractivity contribution in [3.05, 3.63) is 58.1 Å². The van der Waals surface area contributed by atoms with Gasteiger partial charge in [0.1, 0.15) is 12.2 Å². The van der Waals surface area contributed by atoms with Crippen LogP contribution in [0.5, 0.6) is 5.75 Å².